The van der Waals surface area contributed by atoms with Gasteiger partial charge in [0.1, 0.15) is 12.1 Å². The van der Waals surface area contributed by atoms with Crippen molar-refractivity contribution in [3.05, 3.63) is 36.7 Å². The zero-order valence-corrected chi connectivity index (χ0v) is 16.1. The Labute approximate surface area is 170 Å². The number of hydrogen-bond acceptors (Lipinski definition) is 5. The van der Waals surface area contributed by atoms with Crippen molar-refractivity contribution in [1.29, 1.82) is 0 Å². The number of pyridine rings is 1. The molecule has 4 rings (SSSR count). The van der Waals surface area contributed by atoms with E-state index in [2.05, 4.69) is 30.8 Å². The van der Waals surface area contributed by atoms with E-state index in [4.69, 9.17) is 0 Å². The number of H-pyrrole nitrogens is 1. The predicted molar refractivity (Wildman–Crippen MR) is 103 cm³/mol. The van der Waals surface area contributed by atoms with Crippen LogP contribution in [0.25, 0.3) is 16.7 Å². The van der Waals surface area contributed by atoms with Crippen LogP contribution in [0.4, 0.5) is 13.2 Å². The number of hydrogen-bond donors (Lipinski definition) is 3. The van der Waals surface area contributed by atoms with Gasteiger partial charge in [0.25, 0.3) is 5.91 Å². The molecule has 0 atom stereocenters. The van der Waals surface area contributed by atoms with Crippen LogP contribution in [0.3, 0.4) is 0 Å². The lowest BCUT2D eigenvalue weighted by Crippen LogP contribution is -2.43. The maximum atomic E-state index is 12.9. The number of fused-ring (bicyclic) bond motifs is 1. The van der Waals surface area contributed by atoms with Gasteiger partial charge >= 0.3 is 6.18 Å². The van der Waals surface area contributed by atoms with E-state index in [-0.39, 0.29) is 30.2 Å². The van der Waals surface area contributed by atoms with E-state index in [1.54, 1.807) is 29.5 Å². The molecule has 1 fully saturated rings. The van der Waals surface area contributed by atoms with Crippen LogP contribution < -0.4 is 10.6 Å². The second-order valence-electron chi connectivity index (χ2n) is 7.47. The fraction of sp³-hybridized carbons (Fsp3) is 0.474. The Morgan fingerprint density at radius 2 is 2.00 bits per heavy atom. The van der Waals surface area contributed by atoms with Crippen molar-refractivity contribution in [2.45, 2.75) is 50.4 Å². The van der Waals surface area contributed by atoms with Crippen molar-refractivity contribution < 1.29 is 18.0 Å². The molecule has 0 saturated heterocycles. The minimum atomic E-state index is -4.14. The zero-order valence-electron chi connectivity index (χ0n) is 16.1. The minimum Gasteiger partial charge on any atom is -0.348 e. The first-order valence-electron chi connectivity index (χ1n) is 9.82. The number of nitrogens with zero attached hydrogens (tertiary/aromatic N) is 4. The Bertz CT molecular complexity index is 991. The van der Waals surface area contributed by atoms with Gasteiger partial charge in [0, 0.05) is 36.4 Å². The van der Waals surface area contributed by atoms with E-state index in [0.717, 1.165) is 5.39 Å². The van der Waals surface area contributed by atoms with Crippen LogP contribution in [0.1, 0.15) is 42.6 Å². The summed E-state index contributed by atoms with van der Waals surface area (Å²) in [5.41, 5.74) is 0.804. The van der Waals surface area contributed by atoms with Gasteiger partial charge in [-0.15, -0.1) is 0 Å². The largest absolute Gasteiger partial charge is 0.390 e. The molecule has 1 saturated carbocycles. The summed E-state index contributed by atoms with van der Waals surface area (Å²) < 4.78 is 38.5. The second-order valence-corrected chi connectivity index (χ2v) is 7.47. The Morgan fingerprint density at radius 3 is 2.70 bits per heavy atom. The van der Waals surface area contributed by atoms with Gasteiger partial charge in [0.15, 0.2) is 5.69 Å². The van der Waals surface area contributed by atoms with Crippen molar-refractivity contribution >= 4 is 16.8 Å². The van der Waals surface area contributed by atoms with E-state index in [9.17, 15) is 18.0 Å². The van der Waals surface area contributed by atoms with E-state index < -0.39 is 12.6 Å². The first-order valence-corrected chi connectivity index (χ1v) is 9.82. The Morgan fingerprint density at radius 1 is 1.23 bits per heavy atom. The number of amides is 1. The number of nitrogens with one attached hydrogen (secondary N) is 3. The Balaban J connectivity index is 1.38. The summed E-state index contributed by atoms with van der Waals surface area (Å²) in [6, 6.07) is 1.81. The van der Waals surface area contributed by atoms with Gasteiger partial charge in [-0.1, -0.05) is 0 Å². The van der Waals surface area contributed by atoms with Crippen molar-refractivity contribution in [2.24, 2.45) is 0 Å². The highest BCUT2D eigenvalue weighted by atomic mass is 19.4. The molecule has 30 heavy (non-hydrogen) atoms. The molecule has 11 heteroatoms. The summed E-state index contributed by atoms with van der Waals surface area (Å²) in [4.78, 5) is 21.4. The van der Waals surface area contributed by atoms with Crippen molar-refractivity contribution in [2.75, 3.05) is 6.54 Å². The number of carbonyl (C=O) groups is 1. The molecule has 1 aliphatic rings. The standard InChI is InChI=1S/C19H22F3N7O/c20-19(21,22)5-6-24-13-1-3-14(4-2-13)26-18(30)17-16-12(10-25-28-16)9-15(27-17)29-8-7-23-11-29/h7-11,13-14,24H,1-6H2,(H,25,28)(H,26,30)/t13-,14-. The lowest BCUT2D eigenvalue weighted by molar-refractivity contribution is -0.133. The van der Waals surface area contributed by atoms with Crippen LogP contribution in [-0.4, -0.2) is 55.4 Å². The highest BCUT2D eigenvalue weighted by Gasteiger charge is 2.28. The minimum absolute atomic E-state index is 0.0440. The number of imidazole rings is 1. The third-order valence-corrected chi connectivity index (χ3v) is 5.30. The molecule has 0 unspecified atom stereocenters. The van der Waals surface area contributed by atoms with Crippen molar-refractivity contribution in [3.63, 3.8) is 0 Å². The molecular weight excluding hydrogens is 399 g/mol. The van der Waals surface area contributed by atoms with Gasteiger partial charge in [0.05, 0.1) is 18.1 Å². The van der Waals surface area contributed by atoms with Gasteiger partial charge in [-0.25, -0.2) is 9.97 Å². The molecule has 8 nitrogen and oxygen atoms in total. The molecule has 0 spiro atoms. The van der Waals surface area contributed by atoms with E-state index in [1.807, 2.05) is 6.07 Å². The van der Waals surface area contributed by atoms with E-state index in [1.165, 1.54) is 0 Å². The molecule has 160 valence electrons. The summed E-state index contributed by atoms with van der Waals surface area (Å²) >= 11 is 0. The fourth-order valence-corrected chi connectivity index (χ4v) is 3.74. The second kappa shape index (κ2) is 8.42. The molecule has 0 radical (unpaired) electrons. The van der Waals surface area contributed by atoms with Gasteiger partial charge in [-0.2, -0.15) is 18.3 Å². The maximum absolute atomic E-state index is 12.9. The zero-order chi connectivity index (χ0) is 21.1. The fourth-order valence-electron chi connectivity index (χ4n) is 3.74. The normalized spacial score (nSPS) is 19.8. The molecule has 0 bridgehead atoms. The van der Waals surface area contributed by atoms with Gasteiger partial charge in [0.2, 0.25) is 0 Å². The molecule has 3 heterocycles. The highest BCUT2D eigenvalue weighted by molar-refractivity contribution is 6.04. The van der Waals surface area contributed by atoms with Crippen LogP contribution in [0, 0.1) is 0 Å². The highest BCUT2D eigenvalue weighted by Crippen LogP contribution is 2.23. The van der Waals surface area contributed by atoms with Crippen LogP contribution >= 0.6 is 0 Å². The van der Waals surface area contributed by atoms with E-state index >= 15 is 0 Å². The number of halogens is 3. The molecule has 3 aromatic heterocycles. The molecule has 3 aromatic rings. The molecule has 1 aliphatic carbocycles. The Hall–Kier alpha value is -2.95. The topological polar surface area (TPSA) is 101 Å². The summed E-state index contributed by atoms with van der Waals surface area (Å²) in [6.07, 6.45) is 4.44. The quantitative estimate of drug-likeness (QED) is 0.568. The van der Waals surface area contributed by atoms with Gasteiger partial charge in [-0.3, -0.25) is 14.5 Å². The summed E-state index contributed by atoms with van der Waals surface area (Å²) in [5.74, 6) is 0.254. The Kier molecular flexibility index (Phi) is 5.71. The number of carbonyl (C=O) groups excluding carboxylic acids is 1. The SMILES string of the molecule is O=C(N[C@H]1CC[C@H](NCCC(F)(F)F)CC1)c1nc(-n2ccnc2)cc2cn[nH]c12. The average Bonchev–Trinajstić information content (AvgIpc) is 3.39. The lowest BCUT2D eigenvalue weighted by Gasteiger charge is -2.30. The van der Waals surface area contributed by atoms with Crippen LogP contribution in [0.5, 0.6) is 0 Å². The molecule has 0 aromatic carbocycles. The first-order chi connectivity index (χ1) is 14.4. The third kappa shape index (κ3) is 4.78. The summed E-state index contributed by atoms with van der Waals surface area (Å²) in [5, 5.41) is 13.6. The molecular formula is C19H22F3N7O. The number of rotatable bonds is 6. The van der Waals surface area contributed by atoms with Crippen LogP contribution in [0.15, 0.2) is 31.0 Å². The van der Waals surface area contributed by atoms with Gasteiger partial charge in [-0.05, 0) is 31.7 Å². The number of alkyl halides is 3. The summed E-state index contributed by atoms with van der Waals surface area (Å²) in [7, 11) is 0. The van der Waals surface area contributed by atoms with Crippen LogP contribution in [-0.2, 0) is 0 Å². The number of aromatic nitrogens is 5. The maximum Gasteiger partial charge on any atom is 0.390 e. The van der Waals surface area contributed by atoms with Gasteiger partial charge < -0.3 is 10.6 Å². The van der Waals surface area contributed by atoms with Crippen LogP contribution in [0.2, 0.25) is 0 Å². The molecule has 0 aliphatic heterocycles. The smallest absolute Gasteiger partial charge is 0.348 e. The molecule has 3 N–H and O–H groups in total. The molecule has 1 amide bonds. The lowest BCUT2D eigenvalue weighted by atomic mass is 9.91. The summed E-state index contributed by atoms with van der Waals surface area (Å²) in [6.45, 7) is -0.0754. The predicted octanol–water partition coefficient (Wildman–Crippen LogP) is 2.73. The first kappa shape index (κ1) is 20.3. The van der Waals surface area contributed by atoms with E-state index in [0.29, 0.717) is 37.0 Å². The van der Waals surface area contributed by atoms with Crippen molar-refractivity contribution in [3.8, 4) is 5.82 Å². The van der Waals surface area contributed by atoms with Crippen molar-refractivity contribution in [1.82, 2.24) is 35.4 Å². The average molecular weight is 421 g/mol. The number of aromatic amines is 1. The monoisotopic (exact) mass is 421 g/mol. The third-order valence-electron chi connectivity index (χ3n) is 5.30.